The summed E-state index contributed by atoms with van der Waals surface area (Å²) in [5, 5.41) is 0. The third-order valence-corrected chi connectivity index (χ3v) is 2.86. The maximum Gasteiger partial charge on any atom is 0.311 e. The Morgan fingerprint density at radius 1 is 1.65 bits per heavy atom. The monoisotopic (exact) mass is 308 g/mol. The summed E-state index contributed by atoms with van der Waals surface area (Å²) in [7, 11) is 1.22. The standard InChI is InChI=1S/C10H11BrF2N2O2/c1-17-8(16)2-7-5(3-14)9(10(12)13)6(11)4-15-7/h4,10H,2-3,14H2,1H3. The Morgan fingerprint density at radius 3 is 2.76 bits per heavy atom. The molecule has 1 aromatic rings. The fourth-order valence-corrected chi connectivity index (χ4v) is 1.92. The molecular weight excluding hydrogens is 298 g/mol. The van der Waals surface area contributed by atoms with Crippen molar-refractivity contribution in [1.29, 1.82) is 0 Å². The lowest BCUT2D eigenvalue weighted by atomic mass is 10.0. The van der Waals surface area contributed by atoms with Gasteiger partial charge in [0, 0.05) is 22.8 Å². The van der Waals surface area contributed by atoms with E-state index in [9.17, 15) is 13.6 Å². The quantitative estimate of drug-likeness (QED) is 0.864. The molecule has 0 radical (unpaired) electrons. The van der Waals surface area contributed by atoms with E-state index in [0.29, 0.717) is 0 Å². The minimum atomic E-state index is -2.68. The molecule has 1 heterocycles. The van der Waals surface area contributed by atoms with Crippen molar-refractivity contribution in [2.24, 2.45) is 5.73 Å². The summed E-state index contributed by atoms with van der Waals surface area (Å²) in [4.78, 5) is 15.0. The number of ether oxygens (including phenoxy) is 1. The number of carbonyl (C=O) groups is 1. The van der Waals surface area contributed by atoms with Gasteiger partial charge in [-0.15, -0.1) is 0 Å². The van der Waals surface area contributed by atoms with Crippen LogP contribution in [-0.4, -0.2) is 18.1 Å². The van der Waals surface area contributed by atoms with Crippen molar-refractivity contribution in [2.45, 2.75) is 19.4 Å². The first-order chi connectivity index (χ1) is 8.01. The molecule has 1 aromatic heterocycles. The highest BCUT2D eigenvalue weighted by Crippen LogP contribution is 2.31. The third kappa shape index (κ3) is 3.19. The van der Waals surface area contributed by atoms with Crippen LogP contribution in [0.3, 0.4) is 0 Å². The molecule has 0 saturated heterocycles. The predicted octanol–water partition coefficient (Wildman–Crippen LogP) is 1.96. The van der Waals surface area contributed by atoms with Crippen molar-refractivity contribution < 1.29 is 18.3 Å². The van der Waals surface area contributed by atoms with E-state index in [4.69, 9.17) is 5.73 Å². The first-order valence-corrected chi connectivity index (χ1v) is 5.51. The lowest BCUT2D eigenvalue weighted by Gasteiger charge is -2.13. The highest BCUT2D eigenvalue weighted by Gasteiger charge is 2.21. The Hall–Kier alpha value is -1.08. The maximum atomic E-state index is 12.8. The number of pyridine rings is 1. The van der Waals surface area contributed by atoms with Crippen LogP contribution in [0.4, 0.5) is 8.78 Å². The van der Waals surface area contributed by atoms with E-state index in [0.717, 1.165) is 0 Å². The Morgan fingerprint density at radius 2 is 2.29 bits per heavy atom. The molecule has 0 fully saturated rings. The van der Waals surface area contributed by atoms with E-state index >= 15 is 0 Å². The summed E-state index contributed by atoms with van der Waals surface area (Å²) >= 11 is 2.99. The van der Waals surface area contributed by atoms with Crippen LogP contribution < -0.4 is 5.73 Å². The Labute approximate surface area is 105 Å². The number of esters is 1. The number of halogens is 3. The number of alkyl halides is 2. The maximum absolute atomic E-state index is 12.8. The van der Waals surface area contributed by atoms with Crippen molar-refractivity contribution in [2.75, 3.05) is 7.11 Å². The minimum Gasteiger partial charge on any atom is -0.469 e. The van der Waals surface area contributed by atoms with Crippen LogP contribution in [0.1, 0.15) is 23.2 Å². The summed E-state index contributed by atoms with van der Waals surface area (Å²) < 4.78 is 30.3. The molecule has 0 bridgehead atoms. The molecule has 2 N–H and O–H groups in total. The van der Waals surface area contributed by atoms with Gasteiger partial charge in [-0.2, -0.15) is 0 Å². The molecule has 0 atom stereocenters. The first-order valence-electron chi connectivity index (χ1n) is 4.72. The van der Waals surface area contributed by atoms with Crippen LogP contribution in [0, 0.1) is 0 Å². The van der Waals surface area contributed by atoms with Crippen molar-refractivity contribution in [3.63, 3.8) is 0 Å². The molecule has 17 heavy (non-hydrogen) atoms. The zero-order valence-corrected chi connectivity index (χ0v) is 10.6. The first kappa shape index (κ1) is 14.0. The van der Waals surface area contributed by atoms with E-state index < -0.39 is 12.4 Å². The molecule has 0 aromatic carbocycles. The van der Waals surface area contributed by atoms with Gasteiger partial charge in [0.05, 0.1) is 19.2 Å². The minimum absolute atomic E-state index is 0.113. The van der Waals surface area contributed by atoms with Gasteiger partial charge in [0.25, 0.3) is 6.43 Å². The Bertz CT molecular complexity index is 427. The Kier molecular flexibility index (Phi) is 4.95. The second kappa shape index (κ2) is 6.02. The number of hydrogen-bond donors (Lipinski definition) is 1. The summed E-state index contributed by atoms with van der Waals surface area (Å²) in [6.45, 7) is -0.113. The average molecular weight is 309 g/mol. The summed E-state index contributed by atoms with van der Waals surface area (Å²) in [6, 6.07) is 0. The van der Waals surface area contributed by atoms with E-state index in [1.807, 2.05) is 0 Å². The fourth-order valence-electron chi connectivity index (χ4n) is 1.41. The highest BCUT2D eigenvalue weighted by molar-refractivity contribution is 9.10. The van der Waals surface area contributed by atoms with Crippen molar-refractivity contribution >= 4 is 21.9 Å². The lowest BCUT2D eigenvalue weighted by Crippen LogP contribution is -2.14. The van der Waals surface area contributed by atoms with Crippen molar-refractivity contribution in [3.05, 3.63) is 27.5 Å². The lowest BCUT2D eigenvalue weighted by molar-refractivity contribution is -0.139. The summed E-state index contributed by atoms with van der Waals surface area (Å²) in [6.07, 6.45) is -1.61. The number of rotatable bonds is 4. The molecule has 94 valence electrons. The van der Waals surface area contributed by atoms with E-state index in [2.05, 4.69) is 25.7 Å². The van der Waals surface area contributed by atoms with E-state index in [-0.39, 0.29) is 34.3 Å². The van der Waals surface area contributed by atoms with Gasteiger partial charge < -0.3 is 10.5 Å². The highest BCUT2D eigenvalue weighted by atomic mass is 79.9. The molecular formula is C10H11BrF2N2O2. The van der Waals surface area contributed by atoms with Gasteiger partial charge in [0.15, 0.2) is 0 Å². The number of methoxy groups -OCH3 is 1. The van der Waals surface area contributed by atoms with Crippen LogP contribution in [0.5, 0.6) is 0 Å². The van der Waals surface area contributed by atoms with Gasteiger partial charge in [0.2, 0.25) is 0 Å². The summed E-state index contributed by atoms with van der Waals surface area (Å²) in [5.74, 6) is -0.547. The molecule has 0 aliphatic carbocycles. The smallest absolute Gasteiger partial charge is 0.311 e. The number of hydrogen-bond acceptors (Lipinski definition) is 4. The Balaban J connectivity index is 3.23. The second-order valence-corrected chi connectivity index (χ2v) is 4.06. The van der Waals surface area contributed by atoms with Crippen molar-refractivity contribution in [3.8, 4) is 0 Å². The van der Waals surface area contributed by atoms with Gasteiger partial charge in [0.1, 0.15) is 0 Å². The van der Waals surface area contributed by atoms with Gasteiger partial charge in [-0.1, -0.05) is 0 Å². The van der Waals surface area contributed by atoms with Gasteiger partial charge in [-0.05, 0) is 21.5 Å². The van der Waals surface area contributed by atoms with Crippen LogP contribution >= 0.6 is 15.9 Å². The van der Waals surface area contributed by atoms with Crippen LogP contribution in [0.2, 0.25) is 0 Å². The molecule has 0 spiro atoms. The molecule has 0 amide bonds. The number of aromatic nitrogens is 1. The molecule has 0 aliphatic rings. The summed E-state index contributed by atoms with van der Waals surface area (Å²) in [5.41, 5.74) is 5.61. The number of nitrogens with two attached hydrogens (primary N) is 1. The third-order valence-electron chi connectivity index (χ3n) is 2.23. The molecule has 0 unspecified atom stereocenters. The van der Waals surface area contributed by atoms with Crippen molar-refractivity contribution in [1.82, 2.24) is 4.98 Å². The second-order valence-electron chi connectivity index (χ2n) is 3.20. The average Bonchev–Trinajstić information content (AvgIpc) is 2.30. The van der Waals surface area contributed by atoms with Gasteiger partial charge >= 0.3 is 5.97 Å². The largest absolute Gasteiger partial charge is 0.469 e. The molecule has 4 nitrogen and oxygen atoms in total. The normalized spacial score (nSPS) is 10.7. The SMILES string of the molecule is COC(=O)Cc1ncc(Br)c(C(F)F)c1CN. The zero-order valence-electron chi connectivity index (χ0n) is 9.04. The van der Waals surface area contributed by atoms with E-state index in [1.54, 1.807) is 0 Å². The molecule has 1 rings (SSSR count). The van der Waals surface area contributed by atoms with Crippen LogP contribution in [0.15, 0.2) is 10.7 Å². The number of carbonyl (C=O) groups excluding carboxylic acids is 1. The van der Waals surface area contributed by atoms with Crippen LogP contribution in [-0.2, 0) is 22.5 Å². The zero-order chi connectivity index (χ0) is 13.0. The topological polar surface area (TPSA) is 65.2 Å². The van der Waals surface area contributed by atoms with Crippen LogP contribution in [0.25, 0.3) is 0 Å². The predicted molar refractivity (Wildman–Crippen MR) is 60.5 cm³/mol. The number of nitrogens with zero attached hydrogens (tertiary/aromatic N) is 1. The fraction of sp³-hybridized carbons (Fsp3) is 0.400. The molecule has 7 heteroatoms. The molecule has 0 aliphatic heterocycles. The van der Waals surface area contributed by atoms with E-state index in [1.165, 1.54) is 13.3 Å². The van der Waals surface area contributed by atoms with Gasteiger partial charge in [-0.3, -0.25) is 9.78 Å². The molecule has 0 saturated carbocycles. The van der Waals surface area contributed by atoms with Gasteiger partial charge in [-0.25, -0.2) is 8.78 Å².